The fraction of sp³-hybridized carbons (Fsp3) is 1.00. The minimum Gasteiger partial charge on any atom is -0.326 e. The van der Waals surface area contributed by atoms with Gasteiger partial charge in [0.05, 0.1) is 13.2 Å². The van der Waals surface area contributed by atoms with Crippen LogP contribution >= 0.6 is 0 Å². The van der Waals surface area contributed by atoms with Crippen molar-refractivity contribution in [1.29, 1.82) is 0 Å². The first-order valence-electron chi connectivity index (χ1n) is 3.97. The van der Waals surface area contributed by atoms with Crippen molar-refractivity contribution < 1.29 is 36.5 Å². The highest BCUT2D eigenvalue weighted by Crippen LogP contribution is 2.47. The SMILES string of the molecule is COC(F)(F)C(F)(F)C1(OC)OCCO1. The summed E-state index contributed by atoms with van der Waals surface area (Å²) >= 11 is 0. The molecule has 0 aromatic heterocycles. The number of halogens is 4. The lowest BCUT2D eigenvalue weighted by atomic mass is 10.2. The topological polar surface area (TPSA) is 36.9 Å². The van der Waals surface area contributed by atoms with Gasteiger partial charge in [-0.3, -0.25) is 0 Å². The van der Waals surface area contributed by atoms with Gasteiger partial charge in [0.25, 0.3) is 0 Å². The fourth-order valence-electron chi connectivity index (χ4n) is 1.13. The van der Waals surface area contributed by atoms with Gasteiger partial charge in [-0.2, -0.15) is 17.6 Å². The second-order valence-corrected chi connectivity index (χ2v) is 2.75. The Morgan fingerprint density at radius 2 is 1.53 bits per heavy atom. The molecule has 0 saturated carbocycles. The minimum atomic E-state index is -4.75. The first-order valence-corrected chi connectivity index (χ1v) is 3.97. The predicted molar refractivity (Wildman–Crippen MR) is 38.5 cm³/mol. The van der Waals surface area contributed by atoms with Gasteiger partial charge in [0, 0.05) is 14.2 Å². The zero-order valence-corrected chi connectivity index (χ0v) is 8.06. The lowest BCUT2D eigenvalue weighted by molar-refractivity contribution is -0.480. The van der Waals surface area contributed by atoms with E-state index in [1.165, 1.54) is 0 Å². The summed E-state index contributed by atoms with van der Waals surface area (Å²) in [5.41, 5.74) is 0. The zero-order chi connectivity index (χ0) is 11.7. The summed E-state index contributed by atoms with van der Waals surface area (Å²) in [6.07, 6.45) is -4.74. The fourth-order valence-corrected chi connectivity index (χ4v) is 1.13. The quantitative estimate of drug-likeness (QED) is 0.685. The molecule has 0 aromatic rings. The Morgan fingerprint density at radius 3 is 1.87 bits per heavy atom. The molecule has 0 N–H and O–H groups in total. The number of methoxy groups -OCH3 is 2. The van der Waals surface area contributed by atoms with Crippen molar-refractivity contribution in [3.8, 4) is 0 Å². The Hall–Kier alpha value is -0.440. The zero-order valence-electron chi connectivity index (χ0n) is 8.06. The molecule has 0 amide bonds. The van der Waals surface area contributed by atoms with Crippen molar-refractivity contribution in [2.75, 3.05) is 27.4 Å². The second kappa shape index (κ2) is 3.85. The Kier molecular flexibility index (Phi) is 3.24. The van der Waals surface area contributed by atoms with Crippen LogP contribution in [0.2, 0.25) is 0 Å². The molecule has 90 valence electrons. The third-order valence-corrected chi connectivity index (χ3v) is 1.94. The molecule has 0 unspecified atom stereocenters. The normalized spacial score (nSPS) is 22.0. The highest BCUT2D eigenvalue weighted by Gasteiger charge is 2.74. The van der Waals surface area contributed by atoms with Gasteiger partial charge >= 0.3 is 18.0 Å². The van der Waals surface area contributed by atoms with E-state index in [0.29, 0.717) is 7.11 Å². The second-order valence-electron chi connectivity index (χ2n) is 2.75. The molecule has 0 spiro atoms. The summed E-state index contributed by atoms with van der Waals surface area (Å²) in [5.74, 6) is -7.84. The van der Waals surface area contributed by atoms with Crippen LogP contribution < -0.4 is 0 Å². The number of rotatable bonds is 4. The molecule has 1 aliphatic heterocycles. The van der Waals surface area contributed by atoms with Crippen LogP contribution in [-0.4, -0.2) is 45.4 Å². The summed E-state index contributed by atoms with van der Waals surface area (Å²) < 4.78 is 68.6. The van der Waals surface area contributed by atoms with E-state index in [-0.39, 0.29) is 13.2 Å². The monoisotopic (exact) mass is 234 g/mol. The minimum absolute atomic E-state index is 0.261. The third kappa shape index (κ3) is 1.71. The summed E-state index contributed by atoms with van der Waals surface area (Å²) in [7, 11) is 1.23. The Morgan fingerprint density at radius 1 is 1.07 bits per heavy atom. The maximum absolute atomic E-state index is 13.3. The largest absolute Gasteiger partial charge is 0.427 e. The van der Waals surface area contributed by atoms with Gasteiger partial charge in [0.1, 0.15) is 0 Å². The Labute approximate surface area is 83.0 Å². The molecule has 8 heteroatoms. The van der Waals surface area contributed by atoms with Crippen molar-refractivity contribution in [2.45, 2.75) is 18.0 Å². The number of ether oxygens (including phenoxy) is 4. The van der Waals surface area contributed by atoms with E-state index in [9.17, 15) is 17.6 Å². The molecule has 0 bridgehead atoms. The van der Waals surface area contributed by atoms with E-state index in [2.05, 4.69) is 18.9 Å². The molecule has 0 aliphatic carbocycles. The lowest BCUT2D eigenvalue weighted by Crippen LogP contribution is -2.61. The van der Waals surface area contributed by atoms with Gasteiger partial charge < -0.3 is 18.9 Å². The molecule has 4 nitrogen and oxygen atoms in total. The van der Waals surface area contributed by atoms with Crippen LogP contribution in [-0.2, 0) is 18.9 Å². The van der Waals surface area contributed by atoms with E-state index in [1.807, 2.05) is 0 Å². The van der Waals surface area contributed by atoms with E-state index >= 15 is 0 Å². The van der Waals surface area contributed by atoms with Crippen molar-refractivity contribution in [1.82, 2.24) is 0 Å². The molecule has 1 aliphatic rings. The van der Waals surface area contributed by atoms with Crippen LogP contribution in [0.4, 0.5) is 17.6 Å². The van der Waals surface area contributed by atoms with Crippen LogP contribution in [0.3, 0.4) is 0 Å². The highest BCUT2D eigenvalue weighted by molar-refractivity contribution is 4.89. The van der Waals surface area contributed by atoms with E-state index in [4.69, 9.17) is 0 Å². The van der Waals surface area contributed by atoms with Gasteiger partial charge in [-0.1, -0.05) is 0 Å². The predicted octanol–water partition coefficient (Wildman–Crippen LogP) is 1.21. The maximum Gasteiger partial charge on any atom is 0.427 e. The Balaban J connectivity index is 3.01. The van der Waals surface area contributed by atoms with Gasteiger partial charge in [0.2, 0.25) is 0 Å². The van der Waals surface area contributed by atoms with Crippen LogP contribution in [0.1, 0.15) is 0 Å². The average Bonchev–Trinajstić information content (AvgIpc) is 2.67. The van der Waals surface area contributed by atoms with E-state index in [0.717, 1.165) is 7.11 Å². The van der Waals surface area contributed by atoms with Crippen molar-refractivity contribution >= 4 is 0 Å². The first-order chi connectivity index (χ1) is 6.83. The van der Waals surface area contributed by atoms with Gasteiger partial charge in [0.15, 0.2) is 0 Å². The van der Waals surface area contributed by atoms with Crippen molar-refractivity contribution in [2.24, 2.45) is 0 Å². The van der Waals surface area contributed by atoms with Crippen molar-refractivity contribution in [3.05, 3.63) is 0 Å². The maximum atomic E-state index is 13.3. The molecular weight excluding hydrogens is 224 g/mol. The first kappa shape index (κ1) is 12.6. The smallest absolute Gasteiger partial charge is 0.326 e. The lowest BCUT2D eigenvalue weighted by Gasteiger charge is -2.36. The van der Waals surface area contributed by atoms with E-state index < -0.39 is 18.0 Å². The molecule has 15 heavy (non-hydrogen) atoms. The third-order valence-electron chi connectivity index (χ3n) is 1.94. The summed E-state index contributed by atoms with van der Waals surface area (Å²) in [4.78, 5) is 0. The van der Waals surface area contributed by atoms with E-state index in [1.54, 1.807) is 0 Å². The summed E-state index contributed by atoms with van der Waals surface area (Å²) in [5, 5.41) is 0. The molecule has 0 aromatic carbocycles. The van der Waals surface area contributed by atoms with Crippen molar-refractivity contribution in [3.63, 3.8) is 0 Å². The van der Waals surface area contributed by atoms with Crippen LogP contribution in [0, 0.1) is 0 Å². The average molecular weight is 234 g/mol. The molecule has 1 rings (SSSR count). The van der Waals surface area contributed by atoms with Crippen LogP contribution in [0.5, 0.6) is 0 Å². The summed E-state index contributed by atoms with van der Waals surface area (Å²) in [6, 6.07) is 0. The molecule has 1 saturated heterocycles. The van der Waals surface area contributed by atoms with Gasteiger partial charge in [-0.25, -0.2) is 0 Å². The van der Waals surface area contributed by atoms with Gasteiger partial charge in [-0.15, -0.1) is 0 Å². The molecule has 1 heterocycles. The number of alkyl halides is 4. The Bertz CT molecular complexity index is 227. The molecular formula is C7H10F4O4. The molecule has 0 atom stereocenters. The number of hydrogen-bond donors (Lipinski definition) is 0. The molecule has 0 radical (unpaired) electrons. The highest BCUT2D eigenvalue weighted by atomic mass is 19.3. The van der Waals surface area contributed by atoms with Crippen LogP contribution in [0.25, 0.3) is 0 Å². The standard InChI is InChI=1S/C7H10F4O4/c1-12-6(10,11)5(8,9)7(13-2)14-3-4-15-7/h3-4H2,1-2H3. The van der Waals surface area contributed by atoms with Gasteiger partial charge in [-0.05, 0) is 0 Å². The summed E-state index contributed by atoms with van der Waals surface area (Å²) in [6.45, 7) is -0.521. The number of hydrogen-bond acceptors (Lipinski definition) is 4. The van der Waals surface area contributed by atoms with Crippen LogP contribution in [0.15, 0.2) is 0 Å². The molecule has 1 fully saturated rings.